The molecule has 2 unspecified atom stereocenters. The Morgan fingerprint density at radius 3 is 2.31 bits per heavy atom. The number of nitrogens with one attached hydrogen (secondary N) is 3. The van der Waals surface area contributed by atoms with Crippen LogP contribution < -0.4 is 20.7 Å². The number of aryl methyl sites for hydroxylation is 1. The van der Waals surface area contributed by atoms with E-state index in [0.717, 1.165) is 79.4 Å². The second-order valence-corrected chi connectivity index (χ2v) is 19.8. The molecule has 3 aromatic heterocycles. The summed E-state index contributed by atoms with van der Waals surface area (Å²) in [6.45, 7) is 8.02. The summed E-state index contributed by atoms with van der Waals surface area (Å²) in [6.07, 6.45) is 15.3. The van der Waals surface area contributed by atoms with Crippen LogP contribution in [-0.4, -0.2) is 121 Å². The van der Waals surface area contributed by atoms with Gasteiger partial charge in [0.25, 0.3) is 11.8 Å². The molecule has 2 aliphatic heterocycles. The number of ether oxygens (including phenoxy) is 5. The van der Waals surface area contributed by atoms with Crippen molar-refractivity contribution in [1.82, 2.24) is 25.2 Å². The van der Waals surface area contributed by atoms with Crippen molar-refractivity contribution >= 4 is 53.1 Å². The zero-order valence-corrected chi connectivity index (χ0v) is 43.9. The first-order chi connectivity index (χ1) is 38.1. The van der Waals surface area contributed by atoms with Crippen molar-refractivity contribution in [2.75, 3.05) is 76.6 Å². The number of nitrogens with zero attached hydrogens (tertiary/aromatic N) is 4. The van der Waals surface area contributed by atoms with Gasteiger partial charge in [-0.3, -0.25) is 49.1 Å². The van der Waals surface area contributed by atoms with Gasteiger partial charge in [0, 0.05) is 77.3 Å². The molecule has 2 aliphatic carbocycles. The van der Waals surface area contributed by atoms with E-state index in [4.69, 9.17) is 33.7 Å². The fraction of sp³-hybridized carbons (Fsp3) is 0.344. The third-order valence-electron chi connectivity index (χ3n) is 14.3. The number of imide groups is 2. The van der Waals surface area contributed by atoms with Crippen molar-refractivity contribution in [3.63, 3.8) is 0 Å². The van der Waals surface area contributed by atoms with Gasteiger partial charge in [0.15, 0.2) is 0 Å². The first-order valence-corrected chi connectivity index (χ1v) is 26.8. The average Bonchev–Trinajstić information content (AvgIpc) is 4.21. The number of piperidine rings is 1. The number of hydrogen-bond donors (Lipinski definition) is 3. The van der Waals surface area contributed by atoms with Gasteiger partial charge < -0.3 is 34.3 Å². The summed E-state index contributed by atoms with van der Waals surface area (Å²) in [5.41, 5.74) is 12.9. The smallest absolute Gasteiger partial charge is 0.264 e. The van der Waals surface area contributed by atoms with E-state index in [9.17, 15) is 24.0 Å². The number of anilines is 2. The molecule has 4 aliphatic rings. The summed E-state index contributed by atoms with van der Waals surface area (Å²) in [5, 5.41) is 8.30. The Bertz CT molecular complexity index is 3240. The van der Waals surface area contributed by atoms with E-state index in [1.807, 2.05) is 36.8 Å². The van der Waals surface area contributed by atoms with Gasteiger partial charge in [0.1, 0.15) is 11.8 Å². The van der Waals surface area contributed by atoms with E-state index >= 15 is 0 Å². The molecule has 5 heterocycles. The van der Waals surface area contributed by atoms with Crippen LogP contribution in [0.1, 0.15) is 93.5 Å². The molecule has 17 nitrogen and oxygen atoms in total. The van der Waals surface area contributed by atoms with Crippen LogP contribution in [0.5, 0.6) is 5.75 Å². The standard InChI is InChI=1S/C61H63N7O10/c1-3-20-78-53-34-46(63-19-22-75-24-26-77-28-27-76-25-23-74-21-17-55(70)66-51-8-4-7-49-56(51)61(73)68(60(49)72)52-15-16-54(69)67-59(52)71)12-14-48(53)57-38(2)29-45(37-64-57)58-40(31-44(36-65-58)41-6-5-18-62-35-41)11-9-39-10-13-47-42(30-39)32-43-33-50(43)47/h4-14,18,29-31,34-37,43,50,52,63H,3,15-17,19-28,32-33H2,1-2H3,(H,66,70)(H,67,69,71)/b11-9+/t43?,50-,52?/m0/s1. The molecule has 1 saturated carbocycles. The Morgan fingerprint density at radius 1 is 0.756 bits per heavy atom. The summed E-state index contributed by atoms with van der Waals surface area (Å²) in [7, 11) is 0. The van der Waals surface area contributed by atoms with Gasteiger partial charge in [-0.1, -0.05) is 49.4 Å². The highest BCUT2D eigenvalue weighted by atomic mass is 16.6. The molecular weight excluding hydrogens is 991 g/mol. The molecule has 1 saturated heterocycles. The minimum absolute atomic E-state index is 0.00398. The number of benzene rings is 3. The number of rotatable bonds is 26. The second-order valence-electron chi connectivity index (χ2n) is 19.8. The van der Waals surface area contributed by atoms with Crippen LogP contribution in [0.25, 0.3) is 45.8 Å². The molecule has 2 fully saturated rings. The molecule has 5 amide bonds. The van der Waals surface area contributed by atoms with E-state index in [0.29, 0.717) is 52.8 Å². The lowest BCUT2D eigenvalue weighted by atomic mass is 9.98. The summed E-state index contributed by atoms with van der Waals surface area (Å²) < 4.78 is 28.9. The molecule has 0 radical (unpaired) electrons. The number of aromatic nitrogens is 3. The highest BCUT2D eigenvalue weighted by Gasteiger charge is 2.46. The maximum absolute atomic E-state index is 13.3. The lowest BCUT2D eigenvalue weighted by molar-refractivity contribution is -0.136. The van der Waals surface area contributed by atoms with Crippen molar-refractivity contribution in [3.05, 3.63) is 143 Å². The van der Waals surface area contributed by atoms with E-state index in [2.05, 4.69) is 89.4 Å². The first kappa shape index (κ1) is 53.4. The van der Waals surface area contributed by atoms with E-state index in [1.54, 1.807) is 12.3 Å². The number of pyridine rings is 3. The molecule has 0 spiro atoms. The topological polar surface area (TPSA) is 209 Å². The fourth-order valence-electron chi connectivity index (χ4n) is 10.3. The molecule has 3 N–H and O–H groups in total. The number of fused-ring (bicyclic) bond motifs is 4. The van der Waals surface area contributed by atoms with Gasteiger partial charge in [-0.25, -0.2) is 0 Å². The Morgan fingerprint density at radius 2 is 1.54 bits per heavy atom. The third kappa shape index (κ3) is 12.6. The monoisotopic (exact) mass is 1050 g/mol. The summed E-state index contributed by atoms with van der Waals surface area (Å²) in [4.78, 5) is 78.4. The van der Waals surface area contributed by atoms with E-state index < -0.39 is 35.6 Å². The highest BCUT2D eigenvalue weighted by Crippen LogP contribution is 2.56. The lowest BCUT2D eigenvalue weighted by Crippen LogP contribution is -2.54. The molecule has 3 atom stereocenters. The van der Waals surface area contributed by atoms with Gasteiger partial charge in [-0.15, -0.1) is 0 Å². The quantitative estimate of drug-likeness (QED) is 0.0343. The SMILES string of the molecule is CCCOc1cc(NCCOCCOCCOCCOCCC(=O)Nc2cccc3c2C(=O)N(C2CCC(=O)NC2=O)C3=O)ccc1-c1ncc(-c2ncc(-c3cccnc3)cc2/C=C/c2ccc3c(c2)CC2C[C@H]32)cc1C. The van der Waals surface area contributed by atoms with Gasteiger partial charge in [-0.05, 0) is 109 Å². The van der Waals surface area contributed by atoms with Crippen molar-refractivity contribution in [3.8, 4) is 39.4 Å². The molecule has 3 aromatic carbocycles. The van der Waals surface area contributed by atoms with Crippen LogP contribution in [0.3, 0.4) is 0 Å². The number of carbonyl (C=O) groups is 5. The van der Waals surface area contributed by atoms with Crippen LogP contribution in [0.4, 0.5) is 11.4 Å². The predicted octanol–water partition coefficient (Wildman–Crippen LogP) is 8.71. The van der Waals surface area contributed by atoms with E-state index in [-0.39, 0.29) is 49.3 Å². The van der Waals surface area contributed by atoms with E-state index in [1.165, 1.54) is 41.7 Å². The van der Waals surface area contributed by atoms with Crippen molar-refractivity contribution in [1.29, 1.82) is 0 Å². The minimum Gasteiger partial charge on any atom is -0.493 e. The number of carbonyl (C=O) groups excluding carboxylic acids is 5. The molecule has 0 bridgehead atoms. The molecule has 78 heavy (non-hydrogen) atoms. The van der Waals surface area contributed by atoms with Gasteiger partial charge >= 0.3 is 0 Å². The Balaban J connectivity index is 0.631. The molecule has 17 heteroatoms. The van der Waals surface area contributed by atoms with Crippen molar-refractivity contribution < 1.29 is 47.7 Å². The van der Waals surface area contributed by atoms with Gasteiger partial charge in [0.2, 0.25) is 17.7 Å². The molecular formula is C61H63N7O10. The van der Waals surface area contributed by atoms with Crippen LogP contribution >= 0.6 is 0 Å². The number of amides is 5. The Labute approximate surface area is 453 Å². The largest absolute Gasteiger partial charge is 0.493 e. The third-order valence-corrected chi connectivity index (χ3v) is 14.3. The predicted molar refractivity (Wildman–Crippen MR) is 295 cm³/mol. The Kier molecular flexibility index (Phi) is 17.1. The maximum Gasteiger partial charge on any atom is 0.264 e. The maximum atomic E-state index is 13.3. The molecule has 402 valence electrons. The first-order valence-electron chi connectivity index (χ1n) is 26.8. The average molecular weight is 1050 g/mol. The summed E-state index contributed by atoms with van der Waals surface area (Å²) in [5.74, 6) is -0.557. The normalized spacial score (nSPS) is 17.3. The minimum atomic E-state index is -1.10. The zero-order valence-electron chi connectivity index (χ0n) is 43.9. The summed E-state index contributed by atoms with van der Waals surface area (Å²) in [6, 6.07) is 24.8. The Hall–Kier alpha value is -7.96. The second kappa shape index (κ2) is 25.0. The molecule has 10 rings (SSSR count). The van der Waals surface area contributed by atoms with Crippen LogP contribution in [0.15, 0.2) is 104 Å². The lowest BCUT2D eigenvalue weighted by Gasteiger charge is -2.27. The molecule has 6 aromatic rings. The summed E-state index contributed by atoms with van der Waals surface area (Å²) >= 11 is 0. The van der Waals surface area contributed by atoms with Gasteiger partial charge in [0.05, 0.1) is 94.1 Å². The van der Waals surface area contributed by atoms with Crippen LogP contribution in [-0.2, 0) is 39.8 Å². The van der Waals surface area contributed by atoms with Crippen LogP contribution in [0.2, 0.25) is 0 Å². The highest BCUT2D eigenvalue weighted by molar-refractivity contribution is 6.26. The number of hydrogen-bond acceptors (Lipinski definition) is 14. The zero-order chi connectivity index (χ0) is 54.0. The van der Waals surface area contributed by atoms with Gasteiger partial charge in [-0.2, -0.15) is 0 Å². The van der Waals surface area contributed by atoms with Crippen molar-refractivity contribution in [2.45, 2.75) is 64.3 Å². The van der Waals surface area contributed by atoms with Crippen LogP contribution in [0, 0.1) is 12.8 Å². The fourth-order valence-corrected chi connectivity index (χ4v) is 10.3. The van der Waals surface area contributed by atoms with Crippen molar-refractivity contribution in [2.24, 2.45) is 5.92 Å².